The zero-order valence-corrected chi connectivity index (χ0v) is 9.87. The van der Waals surface area contributed by atoms with Crippen LogP contribution in [0.2, 0.25) is 0 Å². The molecule has 1 saturated carbocycles. The van der Waals surface area contributed by atoms with Crippen molar-refractivity contribution < 1.29 is 0 Å². The average Bonchev–Trinajstić information content (AvgIpc) is 2.86. The summed E-state index contributed by atoms with van der Waals surface area (Å²) in [6.45, 7) is 2.72. The van der Waals surface area contributed by atoms with Crippen LogP contribution in [0.15, 0.2) is 12.5 Å². The molecule has 84 valence electrons. The SMILES string of the molecule is Cc1nnc(NCc2cncn2C2CC2)s1. The number of aryl methyl sites for hydroxylation is 1. The Kier molecular flexibility index (Phi) is 2.36. The van der Waals surface area contributed by atoms with Gasteiger partial charge in [0.05, 0.1) is 18.6 Å². The van der Waals surface area contributed by atoms with Gasteiger partial charge in [0.2, 0.25) is 5.13 Å². The molecule has 1 aliphatic rings. The van der Waals surface area contributed by atoms with E-state index in [9.17, 15) is 0 Å². The molecule has 1 fully saturated rings. The maximum Gasteiger partial charge on any atom is 0.205 e. The molecule has 0 amide bonds. The number of rotatable bonds is 4. The van der Waals surface area contributed by atoms with Gasteiger partial charge in [-0.2, -0.15) is 0 Å². The third-order valence-electron chi connectivity index (χ3n) is 2.63. The average molecular weight is 235 g/mol. The molecule has 16 heavy (non-hydrogen) atoms. The molecule has 0 aliphatic heterocycles. The van der Waals surface area contributed by atoms with Crippen LogP contribution >= 0.6 is 11.3 Å². The van der Waals surface area contributed by atoms with Crippen LogP contribution in [0.4, 0.5) is 5.13 Å². The van der Waals surface area contributed by atoms with E-state index in [-0.39, 0.29) is 0 Å². The van der Waals surface area contributed by atoms with Crippen LogP contribution in [0, 0.1) is 6.92 Å². The molecule has 0 atom stereocenters. The van der Waals surface area contributed by atoms with Gasteiger partial charge in [0, 0.05) is 12.2 Å². The lowest BCUT2D eigenvalue weighted by Crippen LogP contribution is -2.05. The van der Waals surface area contributed by atoms with E-state index >= 15 is 0 Å². The topological polar surface area (TPSA) is 55.6 Å². The largest absolute Gasteiger partial charge is 0.354 e. The molecule has 3 rings (SSSR count). The molecule has 0 bridgehead atoms. The fourth-order valence-electron chi connectivity index (χ4n) is 1.68. The zero-order chi connectivity index (χ0) is 11.0. The second-order valence-electron chi connectivity index (χ2n) is 4.00. The quantitative estimate of drug-likeness (QED) is 0.880. The van der Waals surface area contributed by atoms with Gasteiger partial charge >= 0.3 is 0 Å². The highest BCUT2D eigenvalue weighted by atomic mass is 32.1. The Morgan fingerprint density at radius 1 is 1.50 bits per heavy atom. The van der Waals surface area contributed by atoms with Crippen molar-refractivity contribution in [1.82, 2.24) is 19.7 Å². The molecule has 2 aromatic heterocycles. The summed E-state index contributed by atoms with van der Waals surface area (Å²) in [5.74, 6) is 0. The van der Waals surface area contributed by atoms with Gasteiger partial charge in [-0.25, -0.2) is 4.98 Å². The summed E-state index contributed by atoms with van der Waals surface area (Å²) in [5.41, 5.74) is 1.22. The van der Waals surface area contributed by atoms with Crippen molar-refractivity contribution in [3.05, 3.63) is 23.2 Å². The van der Waals surface area contributed by atoms with E-state index < -0.39 is 0 Å². The number of aromatic nitrogens is 4. The van der Waals surface area contributed by atoms with E-state index in [1.807, 2.05) is 19.4 Å². The summed E-state index contributed by atoms with van der Waals surface area (Å²) >= 11 is 1.58. The van der Waals surface area contributed by atoms with E-state index in [1.165, 1.54) is 18.5 Å². The number of imidazole rings is 1. The maximum absolute atomic E-state index is 4.19. The molecule has 2 heterocycles. The van der Waals surface area contributed by atoms with Crippen molar-refractivity contribution in [2.24, 2.45) is 0 Å². The molecule has 0 radical (unpaired) electrons. The molecule has 2 aromatic rings. The first-order valence-electron chi connectivity index (χ1n) is 5.37. The minimum atomic E-state index is 0.676. The molecule has 1 aliphatic carbocycles. The molecular weight excluding hydrogens is 222 g/mol. The highest BCUT2D eigenvalue weighted by Crippen LogP contribution is 2.35. The Morgan fingerprint density at radius 2 is 2.38 bits per heavy atom. The molecule has 0 unspecified atom stereocenters. The molecule has 1 N–H and O–H groups in total. The van der Waals surface area contributed by atoms with Gasteiger partial charge in [-0.05, 0) is 19.8 Å². The van der Waals surface area contributed by atoms with Gasteiger partial charge in [0.1, 0.15) is 5.01 Å². The first-order chi connectivity index (χ1) is 7.83. The van der Waals surface area contributed by atoms with E-state index in [1.54, 1.807) is 11.3 Å². The number of nitrogens with one attached hydrogen (secondary N) is 1. The Labute approximate surface area is 97.5 Å². The van der Waals surface area contributed by atoms with Crippen LogP contribution in [0.25, 0.3) is 0 Å². The standard InChI is InChI=1S/C10H13N5S/c1-7-13-14-10(16-7)12-5-9-4-11-6-15(9)8-2-3-8/h4,6,8H,2-3,5H2,1H3,(H,12,14). The van der Waals surface area contributed by atoms with Crippen molar-refractivity contribution in [1.29, 1.82) is 0 Å². The lowest BCUT2D eigenvalue weighted by atomic mass is 10.4. The highest BCUT2D eigenvalue weighted by Gasteiger charge is 2.24. The van der Waals surface area contributed by atoms with Gasteiger partial charge in [0.25, 0.3) is 0 Å². The van der Waals surface area contributed by atoms with Crippen LogP contribution in [0.1, 0.15) is 29.6 Å². The molecule has 0 saturated heterocycles. The number of nitrogens with zero attached hydrogens (tertiary/aromatic N) is 4. The fourth-order valence-corrected chi connectivity index (χ4v) is 2.27. The Morgan fingerprint density at radius 3 is 3.06 bits per heavy atom. The smallest absolute Gasteiger partial charge is 0.205 e. The van der Waals surface area contributed by atoms with Crippen LogP contribution in [0.5, 0.6) is 0 Å². The summed E-state index contributed by atoms with van der Waals surface area (Å²) in [7, 11) is 0. The zero-order valence-electron chi connectivity index (χ0n) is 9.05. The summed E-state index contributed by atoms with van der Waals surface area (Å²) in [6.07, 6.45) is 6.39. The number of anilines is 1. The second-order valence-corrected chi connectivity index (χ2v) is 5.18. The summed E-state index contributed by atoms with van der Waals surface area (Å²) < 4.78 is 2.25. The van der Waals surface area contributed by atoms with Gasteiger partial charge < -0.3 is 9.88 Å². The summed E-state index contributed by atoms with van der Waals surface area (Å²) in [4.78, 5) is 4.19. The lowest BCUT2D eigenvalue weighted by Gasteiger charge is -2.06. The van der Waals surface area contributed by atoms with Crippen molar-refractivity contribution in [3.8, 4) is 0 Å². The van der Waals surface area contributed by atoms with Gasteiger partial charge in [-0.3, -0.25) is 0 Å². The summed E-state index contributed by atoms with van der Waals surface area (Å²) in [6, 6.07) is 0.676. The Bertz CT molecular complexity index is 485. The third kappa shape index (κ3) is 1.92. The first-order valence-corrected chi connectivity index (χ1v) is 6.19. The van der Waals surface area contributed by atoms with Crippen molar-refractivity contribution in [2.75, 3.05) is 5.32 Å². The highest BCUT2D eigenvalue weighted by molar-refractivity contribution is 7.15. The van der Waals surface area contributed by atoms with Crippen LogP contribution in [0.3, 0.4) is 0 Å². The van der Waals surface area contributed by atoms with E-state index in [0.717, 1.165) is 16.7 Å². The van der Waals surface area contributed by atoms with Crippen molar-refractivity contribution in [3.63, 3.8) is 0 Å². The fraction of sp³-hybridized carbons (Fsp3) is 0.500. The van der Waals surface area contributed by atoms with Crippen LogP contribution in [-0.4, -0.2) is 19.7 Å². The third-order valence-corrected chi connectivity index (χ3v) is 3.43. The second kappa shape index (κ2) is 3.86. The Hall–Kier alpha value is -1.43. The summed E-state index contributed by atoms with van der Waals surface area (Å²) in [5, 5.41) is 13.1. The molecule has 0 aromatic carbocycles. The molecule has 0 spiro atoms. The normalized spacial score (nSPS) is 15.3. The monoisotopic (exact) mass is 235 g/mol. The molecule has 6 heteroatoms. The van der Waals surface area contributed by atoms with E-state index in [4.69, 9.17) is 0 Å². The minimum Gasteiger partial charge on any atom is -0.354 e. The minimum absolute atomic E-state index is 0.676. The van der Waals surface area contributed by atoms with Gasteiger partial charge in [-0.15, -0.1) is 10.2 Å². The maximum atomic E-state index is 4.19. The predicted octanol–water partition coefficient (Wildman–Crippen LogP) is 1.99. The van der Waals surface area contributed by atoms with E-state index in [2.05, 4.69) is 25.1 Å². The van der Waals surface area contributed by atoms with Crippen molar-refractivity contribution in [2.45, 2.75) is 32.4 Å². The van der Waals surface area contributed by atoms with Gasteiger partial charge in [0.15, 0.2) is 0 Å². The molecule has 5 nitrogen and oxygen atoms in total. The first kappa shape index (κ1) is 9.77. The van der Waals surface area contributed by atoms with Crippen LogP contribution in [-0.2, 0) is 6.54 Å². The number of hydrogen-bond donors (Lipinski definition) is 1. The van der Waals surface area contributed by atoms with Crippen molar-refractivity contribution >= 4 is 16.5 Å². The predicted molar refractivity (Wildman–Crippen MR) is 62.5 cm³/mol. The number of hydrogen-bond acceptors (Lipinski definition) is 5. The molecular formula is C10H13N5S. The van der Waals surface area contributed by atoms with E-state index in [0.29, 0.717) is 6.04 Å². The van der Waals surface area contributed by atoms with Crippen LogP contribution < -0.4 is 5.32 Å². The lowest BCUT2D eigenvalue weighted by molar-refractivity contribution is 0.700. The van der Waals surface area contributed by atoms with Gasteiger partial charge in [-0.1, -0.05) is 11.3 Å². The Balaban J connectivity index is 1.67.